The number of fused-ring (bicyclic) bond motifs is 2. The number of aryl methyl sites for hydroxylation is 2. The van der Waals surface area contributed by atoms with Gasteiger partial charge in [0.15, 0.2) is 0 Å². The second-order valence-electron chi connectivity index (χ2n) is 9.87. The lowest BCUT2D eigenvalue weighted by Gasteiger charge is -2.37. The molecule has 2 N–H and O–H groups in total. The first-order valence-electron chi connectivity index (χ1n) is 12.3. The van der Waals surface area contributed by atoms with Crippen molar-refractivity contribution >= 4 is 11.8 Å². The molecule has 1 aliphatic carbocycles. The molecule has 2 fully saturated rings. The minimum Gasteiger partial charge on any atom is -0.365 e. The molecule has 0 bridgehead atoms. The van der Waals surface area contributed by atoms with Gasteiger partial charge in [0.2, 0.25) is 11.7 Å². The van der Waals surface area contributed by atoms with Crippen LogP contribution in [0.2, 0.25) is 0 Å². The monoisotopic (exact) mass is 458 g/mol. The third-order valence-corrected chi connectivity index (χ3v) is 7.85. The number of H-pyrrole nitrogens is 1. The van der Waals surface area contributed by atoms with Crippen LogP contribution >= 0.6 is 0 Å². The second kappa shape index (κ2) is 8.42. The Morgan fingerprint density at radius 2 is 1.94 bits per heavy atom. The maximum Gasteiger partial charge on any atom is 0.289 e. The lowest BCUT2D eigenvalue weighted by atomic mass is 9.71. The van der Waals surface area contributed by atoms with E-state index in [9.17, 15) is 9.59 Å². The Hall–Kier alpha value is -3.42. The van der Waals surface area contributed by atoms with Gasteiger partial charge in [0.1, 0.15) is 5.82 Å². The topological polar surface area (TPSA) is 95.9 Å². The number of carbonyl (C=O) groups excluding carboxylic acids is 2. The van der Waals surface area contributed by atoms with Crippen molar-refractivity contribution in [3.05, 3.63) is 71.6 Å². The van der Waals surface area contributed by atoms with Crippen LogP contribution in [0.1, 0.15) is 59.8 Å². The Morgan fingerprint density at radius 3 is 2.71 bits per heavy atom. The number of hydrogen-bond acceptors (Lipinski definition) is 4. The van der Waals surface area contributed by atoms with Gasteiger partial charge in [0, 0.05) is 49.3 Å². The predicted octanol–water partition coefficient (Wildman–Crippen LogP) is 2.62. The van der Waals surface area contributed by atoms with E-state index in [-0.39, 0.29) is 29.3 Å². The zero-order valence-electron chi connectivity index (χ0n) is 19.2. The molecule has 3 aromatic rings. The van der Waals surface area contributed by atoms with E-state index in [1.54, 1.807) is 0 Å². The van der Waals surface area contributed by atoms with E-state index in [1.807, 2.05) is 29.0 Å². The normalized spacial score (nSPS) is 23.8. The summed E-state index contributed by atoms with van der Waals surface area (Å²) < 4.78 is 1.98. The van der Waals surface area contributed by atoms with Crippen molar-refractivity contribution < 1.29 is 9.59 Å². The molecule has 0 radical (unpaired) electrons. The highest BCUT2D eigenvalue weighted by Crippen LogP contribution is 2.46. The summed E-state index contributed by atoms with van der Waals surface area (Å²) in [5, 5.41) is 11.7. The molecule has 2 aliphatic heterocycles. The first kappa shape index (κ1) is 21.1. The van der Waals surface area contributed by atoms with Gasteiger partial charge in [-0.05, 0) is 49.8 Å². The summed E-state index contributed by atoms with van der Waals surface area (Å²) >= 11 is 0. The molecule has 176 valence electrons. The molecular formula is C26H30N6O2. The summed E-state index contributed by atoms with van der Waals surface area (Å²) in [5.41, 5.74) is 2.18. The van der Waals surface area contributed by atoms with Gasteiger partial charge in [-0.2, -0.15) is 0 Å². The van der Waals surface area contributed by atoms with E-state index < -0.39 is 0 Å². The minimum atomic E-state index is -0.158. The number of nitrogens with zero attached hydrogens (tertiary/aromatic N) is 4. The van der Waals surface area contributed by atoms with Crippen LogP contribution in [-0.4, -0.2) is 55.1 Å². The van der Waals surface area contributed by atoms with E-state index in [1.165, 1.54) is 5.56 Å². The van der Waals surface area contributed by atoms with Crippen molar-refractivity contribution in [3.8, 4) is 0 Å². The summed E-state index contributed by atoms with van der Waals surface area (Å²) in [7, 11) is 0. The Labute approximate surface area is 198 Å². The van der Waals surface area contributed by atoms with Crippen molar-refractivity contribution in [1.29, 1.82) is 0 Å². The van der Waals surface area contributed by atoms with Crippen LogP contribution in [0.25, 0.3) is 0 Å². The Bertz CT molecular complexity index is 1180. The van der Waals surface area contributed by atoms with Crippen LogP contribution in [0.5, 0.6) is 0 Å². The molecule has 3 aliphatic rings. The number of benzene rings is 1. The molecule has 8 heteroatoms. The average molecular weight is 459 g/mol. The van der Waals surface area contributed by atoms with E-state index >= 15 is 0 Å². The van der Waals surface area contributed by atoms with E-state index in [2.05, 4.69) is 49.7 Å². The molecule has 6 rings (SSSR count). The number of carbonyl (C=O) groups is 2. The second-order valence-corrected chi connectivity index (χ2v) is 9.87. The van der Waals surface area contributed by atoms with Crippen LogP contribution in [0, 0.1) is 0 Å². The van der Waals surface area contributed by atoms with E-state index in [0.717, 1.165) is 50.2 Å². The number of amides is 2. The van der Waals surface area contributed by atoms with Gasteiger partial charge in [0.25, 0.3) is 5.91 Å². The highest BCUT2D eigenvalue weighted by Gasteiger charge is 2.51. The third-order valence-electron chi connectivity index (χ3n) is 7.85. The molecule has 4 heterocycles. The number of likely N-dealkylation sites (tertiary alicyclic amines) is 1. The minimum absolute atomic E-state index is 0.0456. The van der Waals surface area contributed by atoms with Gasteiger partial charge in [-0.3, -0.25) is 9.59 Å². The summed E-state index contributed by atoms with van der Waals surface area (Å²) in [4.78, 5) is 31.7. The maximum atomic E-state index is 13.5. The van der Waals surface area contributed by atoms with Crippen molar-refractivity contribution in [2.75, 3.05) is 6.54 Å². The average Bonchev–Trinajstić information content (AvgIpc) is 3.25. The van der Waals surface area contributed by atoms with Crippen LogP contribution in [0.4, 0.5) is 0 Å². The molecule has 2 atom stereocenters. The van der Waals surface area contributed by atoms with Crippen molar-refractivity contribution in [2.45, 2.75) is 69.0 Å². The molecule has 0 spiro atoms. The largest absolute Gasteiger partial charge is 0.365 e. The highest BCUT2D eigenvalue weighted by atomic mass is 16.2. The van der Waals surface area contributed by atoms with Crippen LogP contribution in [-0.2, 0) is 29.6 Å². The highest BCUT2D eigenvalue weighted by molar-refractivity contribution is 5.91. The first-order valence-corrected chi connectivity index (χ1v) is 12.3. The maximum absolute atomic E-state index is 13.5. The van der Waals surface area contributed by atoms with Gasteiger partial charge in [-0.25, -0.2) is 0 Å². The Balaban J connectivity index is 1.33. The number of rotatable bonds is 6. The molecule has 2 amide bonds. The Morgan fingerprint density at radius 1 is 1.09 bits per heavy atom. The molecule has 2 aromatic heterocycles. The van der Waals surface area contributed by atoms with E-state index in [0.29, 0.717) is 25.2 Å². The number of nitrogens with one attached hydrogen (secondary N) is 2. The summed E-state index contributed by atoms with van der Waals surface area (Å²) in [6.45, 7) is 1.27. The van der Waals surface area contributed by atoms with Gasteiger partial charge in [-0.1, -0.05) is 30.3 Å². The fourth-order valence-electron chi connectivity index (χ4n) is 5.83. The zero-order valence-corrected chi connectivity index (χ0v) is 19.2. The van der Waals surface area contributed by atoms with Gasteiger partial charge in [-0.15, -0.1) is 10.2 Å². The molecule has 34 heavy (non-hydrogen) atoms. The SMILES string of the molecule is O=C(NC1CC1)c1nnc2n1C[C@@H]1N(C(=O)CCc3ccc[nH]3)CC[C@]1(c1ccccc1)CC2. The van der Waals surface area contributed by atoms with E-state index in [4.69, 9.17) is 0 Å². The predicted molar refractivity (Wildman–Crippen MR) is 126 cm³/mol. The fourth-order valence-corrected chi connectivity index (χ4v) is 5.83. The zero-order chi connectivity index (χ0) is 23.1. The lowest BCUT2D eigenvalue weighted by molar-refractivity contribution is -0.132. The quantitative estimate of drug-likeness (QED) is 0.594. The van der Waals surface area contributed by atoms with Gasteiger partial charge < -0.3 is 19.8 Å². The first-order chi connectivity index (χ1) is 16.6. The molecular weight excluding hydrogens is 428 g/mol. The summed E-state index contributed by atoms with van der Waals surface area (Å²) in [6.07, 6.45) is 7.63. The molecule has 8 nitrogen and oxygen atoms in total. The lowest BCUT2D eigenvalue weighted by Crippen LogP contribution is -2.47. The van der Waals surface area contributed by atoms with Gasteiger partial charge >= 0.3 is 0 Å². The van der Waals surface area contributed by atoms with Crippen LogP contribution in [0.15, 0.2) is 48.7 Å². The molecule has 0 unspecified atom stereocenters. The molecule has 1 saturated carbocycles. The summed E-state index contributed by atoms with van der Waals surface area (Å²) in [5.74, 6) is 1.22. The Kier molecular flexibility index (Phi) is 5.23. The van der Waals surface area contributed by atoms with Crippen molar-refractivity contribution in [3.63, 3.8) is 0 Å². The smallest absolute Gasteiger partial charge is 0.289 e. The fraction of sp³-hybridized carbons (Fsp3) is 0.462. The van der Waals surface area contributed by atoms with Crippen molar-refractivity contribution in [2.24, 2.45) is 0 Å². The summed E-state index contributed by atoms with van der Waals surface area (Å²) in [6, 6.07) is 14.8. The number of aromatic amines is 1. The van der Waals surface area contributed by atoms with Crippen molar-refractivity contribution in [1.82, 2.24) is 30.0 Å². The molecule has 1 aromatic carbocycles. The molecule has 1 saturated heterocycles. The number of hydrogen-bond donors (Lipinski definition) is 2. The van der Waals surface area contributed by atoms with Crippen LogP contribution in [0.3, 0.4) is 0 Å². The van der Waals surface area contributed by atoms with Gasteiger partial charge in [0.05, 0.1) is 6.04 Å². The third kappa shape index (κ3) is 3.71. The standard InChI is InChI=1S/C26H30N6O2/c33-23(11-10-19-7-4-15-27-19)31-16-14-26(18-5-2-1-3-6-18)13-12-22-29-30-24(32(22)17-21(26)31)25(34)28-20-8-9-20/h1-7,15,20-21,27H,8-14,16-17H2,(H,28,34)/t21-,26-/m0/s1. The van der Waals surface area contributed by atoms with Crippen LogP contribution < -0.4 is 5.32 Å². The number of aromatic nitrogens is 4.